The van der Waals surface area contributed by atoms with Crippen molar-refractivity contribution in [3.05, 3.63) is 38.4 Å². The highest BCUT2D eigenvalue weighted by atomic mass is 32.1. The predicted molar refractivity (Wildman–Crippen MR) is 111 cm³/mol. The standard InChI is InChI=1S/C21H30N4O2S/c1-14-18(15(2)27-23-14)11-25-9-7-17-19(13-28-20(17)12-25)21(26)22-10-16-6-4-5-8-24(16)3/h13,16H,4-12H2,1-3H3,(H,22,26)/t16-/m0/s1. The monoisotopic (exact) mass is 402 g/mol. The van der Waals surface area contributed by atoms with Crippen LogP contribution >= 0.6 is 11.3 Å². The van der Waals surface area contributed by atoms with Crippen LogP contribution in [0.15, 0.2) is 9.90 Å². The number of thiophene rings is 1. The van der Waals surface area contributed by atoms with Gasteiger partial charge in [-0.1, -0.05) is 11.6 Å². The van der Waals surface area contributed by atoms with Gasteiger partial charge in [0.2, 0.25) is 0 Å². The highest BCUT2D eigenvalue weighted by molar-refractivity contribution is 7.10. The SMILES string of the molecule is Cc1noc(C)c1CN1CCc2c(C(=O)NC[C@@H]3CCCCN3C)csc2C1. The molecule has 0 unspecified atom stereocenters. The van der Waals surface area contributed by atoms with E-state index in [0.717, 1.165) is 56.2 Å². The summed E-state index contributed by atoms with van der Waals surface area (Å²) in [6.45, 7) is 8.56. The van der Waals surface area contributed by atoms with Crippen LogP contribution in [0.25, 0.3) is 0 Å². The third kappa shape index (κ3) is 4.02. The summed E-state index contributed by atoms with van der Waals surface area (Å²) in [5, 5.41) is 9.30. The Balaban J connectivity index is 1.37. The van der Waals surface area contributed by atoms with Crippen LogP contribution < -0.4 is 5.32 Å². The maximum absolute atomic E-state index is 12.8. The van der Waals surface area contributed by atoms with Gasteiger partial charge in [0.15, 0.2) is 0 Å². The molecule has 6 nitrogen and oxygen atoms in total. The van der Waals surface area contributed by atoms with Crippen molar-refractivity contribution in [3.8, 4) is 0 Å². The van der Waals surface area contributed by atoms with Crippen LogP contribution in [0.1, 0.15) is 57.1 Å². The van der Waals surface area contributed by atoms with Gasteiger partial charge in [-0.3, -0.25) is 9.69 Å². The van der Waals surface area contributed by atoms with Crippen molar-refractivity contribution in [2.75, 3.05) is 26.7 Å². The molecule has 0 spiro atoms. The highest BCUT2D eigenvalue weighted by Crippen LogP contribution is 2.30. The topological polar surface area (TPSA) is 61.6 Å². The van der Waals surface area contributed by atoms with Crippen LogP contribution in [0, 0.1) is 13.8 Å². The van der Waals surface area contributed by atoms with Gasteiger partial charge in [0, 0.05) is 48.0 Å². The van der Waals surface area contributed by atoms with E-state index < -0.39 is 0 Å². The molecule has 0 aromatic carbocycles. The molecule has 2 aromatic heterocycles. The zero-order chi connectivity index (χ0) is 19.7. The second-order valence-electron chi connectivity index (χ2n) is 8.15. The molecule has 2 aliphatic rings. The third-order valence-corrected chi connectivity index (χ3v) is 7.27. The first-order valence-corrected chi connectivity index (χ1v) is 11.1. The van der Waals surface area contributed by atoms with Crippen LogP contribution in [0.4, 0.5) is 0 Å². The minimum absolute atomic E-state index is 0.0932. The summed E-state index contributed by atoms with van der Waals surface area (Å²) >= 11 is 1.72. The number of carbonyl (C=O) groups excluding carboxylic acids is 1. The normalized spacial score (nSPS) is 20.9. The molecule has 0 bridgehead atoms. The molecule has 4 heterocycles. The number of hydrogen-bond acceptors (Lipinski definition) is 6. The van der Waals surface area contributed by atoms with E-state index in [4.69, 9.17) is 4.52 Å². The number of likely N-dealkylation sites (N-methyl/N-ethyl adjacent to an activating group) is 1. The zero-order valence-electron chi connectivity index (χ0n) is 17.1. The lowest BCUT2D eigenvalue weighted by Gasteiger charge is -2.32. The quantitative estimate of drug-likeness (QED) is 0.833. The van der Waals surface area contributed by atoms with Crippen molar-refractivity contribution in [2.24, 2.45) is 0 Å². The number of likely N-dealkylation sites (tertiary alicyclic amines) is 1. The first-order chi connectivity index (χ1) is 13.5. The average molecular weight is 403 g/mol. The predicted octanol–water partition coefficient (Wildman–Crippen LogP) is 3.13. The Kier molecular flexibility index (Phi) is 5.85. The number of amides is 1. The van der Waals surface area contributed by atoms with Crippen LogP contribution in [0.2, 0.25) is 0 Å². The van der Waals surface area contributed by atoms with E-state index >= 15 is 0 Å². The molecule has 0 saturated carbocycles. The Labute approximate surface area is 170 Å². The lowest BCUT2D eigenvalue weighted by atomic mass is 10.0. The smallest absolute Gasteiger partial charge is 0.252 e. The Morgan fingerprint density at radius 2 is 2.21 bits per heavy atom. The number of carbonyl (C=O) groups is 1. The van der Waals surface area contributed by atoms with Crippen LogP contribution in [0.5, 0.6) is 0 Å². The van der Waals surface area contributed by atoms with Gasteiger partial charge in [-0.25, -0.2) is 0 Å². The molecule has 1 amide bonds. The molecular weight excluding hydrogens is 372 g/mol. The second kappa shape index (κ2) is 8.35. The third-order valence-electron chi connectivity index (χ3n) is 6.25. The maximum atomic E-state index is 12.8. The molecule has 7 heteroatoms. The van der Waals surface area contributed by atoms with Crippen molar-refractivity contribution in [1.82, 2.24) is 20.3 Å². The van der Waals surface area contributed by atoms with Gasteiger partial charge in [0.25, 0.3) is 5.91 Å². The fraction of sp³-hybridized carbons (Fsp3) is 0.619. The fourth-order valence-electron chi connectivity index (χ4n) is 4.37. The molecule has 1 fully saturated rings. The van der Waals surface area contributed by atoms with Gasteiger partial charge in [0.1, 0.15) is 5.76 Å². The Morgan fingerprint density at radius 3 is 2.96 bits per heavy atom. The molecule has 1 saturated heterocycles. The molecule has 1 N–H and O–H groups in total. The van der Waals surface area contributed by atoms with E-state index in [-0.39, 0.29) is 5.91 Å². The minimum Gasteiger partial charge on any atom is -0.361 e. The molecule has 2 aliphatic heterocycles. The van der Waals surface area contributed by atoms with Crippen LogP contribution in [-0.4, -0.2) is 53.6 Å². The summed E-state index contributed by atoms with van der Waals surface area (Å²) in [6, 6.07) is 0.470. The number of fused-ring (bicyclic) bond motifs is 1. The lowest BCUT2D eigenvalue weighted by Crippen LogP contribution is -2.44. The van der Waals surface area contributed by atoms with E-state index in [1.54, 1.807) is 11.3 Å². The highest BCUT2D eigenvalue weighted by Gasteiger charge is 2.26. The molecule has 1 atom stereocenters. The first kappa shape index (κ1) is 19.6. The van der Waals surface area contributed by atoms with Crippen molar-refractivity contribution in [3.63, 3.8) is 0 Å². The number of aromatic nitrogens is 1. The Bertz CT molecular complexity index is 824. The van der Waals surface area contributed by atoms with Crippen molar-refractivity contribution in [1.29, 1.82) is 0 Å². The van der Waals surface area contributed by atoms with E-state index in [1.807, 2.05) is 19.2 Å². The number of rotatable bonds is 5. The summed E-state index contributed by atoms with van der Waals surface area (Å²) in [7, 11) is 2.16. The van der Waals surface area contributed by atoms with E-state index in [0.29, 0.717) is 6.04 Å². The summed E-state index contributed by atoms with van der Waals surface area (Å²) in [5.41, 5.74) is 4.29. The number of nitrogens with one attached hydrogen (secondary N) is 1. The molecule has 2 aromatic rings. The number of nitrogens with zero attached hydrogens (tertiary/aromatic N) is 3. The fourth-order valence-corrected chi connectivity index (χ4v) is 5.49. The second-order valence-corrected chi connectivity index (χ2v) is 9.12. The number of aryl methyl sites for hydroxylation is 2. The van der Waals surface area contributed by atoms with Crippen molar-refractivity contribution < 1.29 is 9.32 Å². The first-order valence-electron chi connectivity index (χ1n) is 10.2. The molecule has 0 radical (unpaired) electrons. The van der Waals surface area contributed by atoms with E-state index in [1.165, 1.54) is 35.3 Å². The summed E-state index contributed by atoms with van der Waals surface area (Å²) in [4.78, 5) is 18.9. The van der Waals surface area contributed by atoms with E-state index in [2.05, 4.69) is 27.3 Å². The Morgan fingerprint density at radius 1 is 1.36 bits per heavy atom. The zero-order valence-corrected chi connectivity index (χ0v) is 17.9. The maximum Gasteiger partial charge on any atom is 0.252 e. The van der Waals surface area contributed by atoms with Gasteiger partial charge in [-0.2, -0.15) is 0 Å². The molecular formula is C21H30N4O2S. The van der Waals surface area contributed by atoms with Gasteiger partial charge in [-0.05, 0) is 52.3 Å². The molecule has 4 rings (SSSR count). The van der Waals surface area contributed by atoms with Gasteiger partial charge in [0.05, 0.1) is 11.3 Å². The average Bonchev–Trinajstić information content (AvgIpc) is 3.25. The van der Waals surface area contributed by atoms with Crippen molar-refractivity contribution in [2.45, 2.75) is 58.7 Å². The summed E-state index contributed by atoms with van der Waals surface area (Å²) < 4.78 is 5.30. The molecule has 28 heavy (non-hydrogen) atoms. The number of hydrogen-bond donors (Lipinski definition) is 1. The van der Waals surface area contributed by atoms with Crippen molar-refractivity contribution >= 4 is 17.2 Å². The minimum atomic E-state index is 0.0932. The largest absolute Gasteiger partial charge is 0.361 e. The molecule has 0 aliphatic carbocycles. The molecule has 152 valence electrons. The van der Waals surface area contributed by atoms with E-state index in [9.17, 15) is 4.79 Å². The van der Waals surface area contributed by atoms with Gasteiger partial charge < -0.3 is 14.7 Å². The van der Waals surface area contributed by atoms with Gasteiger partial charge in [-0.15, -0.1) is 11.3 Å². The van der Waals surface area contributed by atoms with Crippen LogP contribution in [-0.2, 0) is 19.5 Å². The van der Waals surface area contributed by atoms with Crippen LogP contribution in [0.3, 0.4) is 0 Å². The number of piperidine rings is 1. The lowest BCUT2D eigenvalue weighted by molar-refractivity contribution is 0.0927. The Hall–Kier alpha value is -1.70. The van der Waals surface area contributed by atoms with Gasteiger partial charge >= 0.3 is 0 Å². The summed E-state index contributed by atoms with van der Waals surface area (Å²) in [6.07, 6.45) is 4.63. The summed E-state index contributed by atoms with van der Waals surface area (Å²) in [5.74, 6) is 0.998.